The van der Waals surface area contributed by atoms with E-state index in [2.05, 4.69) is 11.8 Å². The van der Waals surface area contributed by atoms with Crippen LogP contribution in [0.1, 0.15) is 10.4 Å². The van der Waals surface area contributed by atoms with Gasteiger partial charge in [-0.05, 0) is 6.07 Å². The van der Waals surface area contributed by atoms with Crippen molar-refractivity contribution in [1.82, 2.24) is 4.90 Å². The summed E-state index contributed by atoms with van der Waals surface area (Å²) in [4.78, 5) is 3.17. The minimum absolute atomic E-state index is 0.129. The number of β-amino-alcohol motifs (C(OH)–C–C–N with tert-alkyl or cyclic N) is 2. The third-order valence-corrected chi connectivity index (χ3v) is 3.60. The van der Waals surface area contributed by atoms with Crippen LogP contribution in [-0.2, 0) is 6.54 Å². The first-order chi connectivity index (χ1) is 8.19. The van der Waals surface area contributed by atoms with Crippen LogP contribution in [0.15, 0.2) is 11.4 Å². The van der Waals surface area contributed by atoms with Crippen LogP contribution in [-0.4, -0.2) is 52.1 Å². The van der Waals surface area contributed by atoms with Crippen LogP contribution >= 0.6 is 11.3 Å². The first-order valence-corrected chi connectivity index (χ1v) is 6.32. The molecule has 2 unspecified atom stereocenters. The van der Waals surface area contributed by atoms with Crippen LogP contribution in [0.5, 0.6) is 0 Å². The maximum Gasteiger partial charge on any atom is 0.104 e. The van der Waals surface area contributed by atoms with E-state index in [0.29, 0.717) is 13.1 Å². The Balaban J connectivity index is 1.93. The Morgan fingerprint density at radius 2 is 2.06 bits per heavy atom. The summed E-state index contributed by atoms with van der Waals surface area (Å²) < 4.78 is 0. The van der Waals surface area contributed by atoms with Gasteiger partial charge in [-0.1, -0.05) is 11.8 Å². The molecule has 0 spiro atoms. The molecule has 1 aromatic rings. The van der Waals surface area contributed by atoms with Crippen molar-refractivity contribution in [2.45, 2.75) is 18.8 Å². The summed E-state index contributed by atoms with van der Waals surface area (Å²) in [5.74, 6) is 5.45. The Kier molecular flexibility index (Phi) is 4.15. The highest BCUT2D eigenvalue weighted by molar-refractivity contribution is 7.10. The maximum absolute atomic E-state index is 9.43. The van der Waals surface area contributed by atoms with Gasteiger partial charge in [0, 0.05) is 35.5 Å². The molecule has 2 atom stereocenters. The lowest BCUT2D eigenvalue weighted by molar-refractivity contribution is 0.0572. The van der Waals surface area contributed by atoms with E-state index < -0.39 is 12.2 Å². The van der Waals surface area contributed by atoms with Crippen molar-refractivity contribution in [2.24, 2.45) is 0 Å². The SMILES string of the molecule is OCC#Cc1csc(CN2CC(O)C(O)C2)c1. The Morgan fingerprint density at radius 1 is 1.35 bits per heavy atom. The molecule has 17 heavy (non-hydrogen) atoms. The highest BCUT2D eigenvalue weighted by atomic mass is 32.1. The predicted molar refractivity (Wildman–Crippen MR) is 65.6 cm³/mol. The zero-order valence-corrected chi connectivity index (χ0v) is 10.2. The van der Waals surface area contributed by atoms with E-state index in [-0.39, 0.29) is 6.61 Å². The Labute approximate surface area is 104 Å². The van der Waals surface area contributed by atoms with Gasteiger partial charge in [0.2, 0.25) is 0 Å². The van der Waals surface area contributed by atoms with Crippen LogP contribution in [0.4, 0.5) is 0 Å². The molecule has 1 aliphatic heterocycles. The van der Waals surface area contributed by atoms with Crippen molar-refractivity contribution in [2.75, 3.05) is 19.7 Å². The van der Waals surface area contributed by atoms with Gasteiger partial charge in [0.05, 0.1) is 12.2 Å². The van der Waals surface area contributed by atoms with Gasteiger partial charge >= 0.3 is 0 Å². The number of hydrogen-bond acceptors (Lipinski definition) is 5. The molecule has 0 aromatic carbocycles. The van der Waals surface area contributed by atoms with Crippen molar-refractivity contribution in [3.8, 4) is 11.8 Å². The van der Waals surface area contributed by atoms with Crippen molar-refractivity contribution >= 4 is 11.3 Å². The van der Waals surface area contributed by atoms with Gasteiger partial charge in [-0.25, -0.2) is 0 Å². The largest absolute Gasteiger partial charge is 0.389 e. The van der Waals surface area contributed by atoms with Gasteiger partial charge in [0.15, 0.2) is 0 Å². The molecule has 3 N–H and O–H groups in total. The zero-order chi connectivity index (χ0) is 12.3. The first-order valence-electron chi connectivity index (χ1n) is 5.44. The Hall–Kier alpha value is -0.900. The van der Waals surface area contributed by atoms with Gasteiger partial charge in [0.25, 0.3) is 0 Å². The van der Waals surface area contributed by atoms with Crippen LogP contribution in [0, 0.1) is 11.8 Å². The molecular weight excluding hydrogens is 238 g/mol. The highest BCUT2D eigenvalue weighted by Crippen LogP contribution is 2.19. The minimum atomic E-state index is -0.636. The standard InChI is InChI=1S/C12H15NO3S/c14-3-1-2-9-4-10(17-8-9)5-13-6-11(15)12(16)7-13/h4,8,11-12,14-16H,3,5-7H2. The van der Waals surface area contributed by atoms with Gasteiger partial charge in [-0.3, -0.25) is 4.90 Å². The number of nitrogens with zero attached hydrogens (tertiary/aromatic N) is 1. The normalized spacial score (nSPS) is 24.6. The van der Waals surface area contributed by atoms with E-state index in [1.807, 2.05) is 16.3 Å². The summed E-state index contributed by atoms with van der Waals surface area (Å²) in [5, 5.41) is 29.4. The molecule has 4 nitrogen and oxygen atoms in total. The number of aliphatic hydroxyl groups excluding tert-OH is 3. The van der Waals surface area contributed by atoms with Gasteiger partial charge in [-0.15, -0.1) is 11.3 Å². The summed E-state index contributed by atoms with van der Waals surface area (Å²) in [6.07, 6.45) is -1.27. The summed E-state index contributed by atoms with van der Waals surface area (Å²) in [5.41, 5.74) is 0.902. The molecule has 0 aliphatic carbocycles. The third-order valence-electron chi connectivity index (χ3n) is 2.68. The number of aliphatic hydroxyl groups is 3. The summed E-state index contributed by atoms with van der Waals surface area (Å²) >= 11 is 1.60. The van der Waals surface area contributed by atoms with Crippen molar-refractivity contribution in [1.29, 1.82) is 0 Å². The minimum Gasteiger partial charge on any atom is -0.389 e. The van der Waals surface area contributed by atoms with Gasteiger partial charge < -0.3 is 15.3 Å². The molecule has 0 bridgehead atoms. The van der Waals surface area contributed by atoms with Crippen LogP contribution in [0.2, 0.25) is 0 Å². The zero-order valence-electron chi connectivity index (χ0n) is 9.33. The van der Waals surface area contributed by atoms with Gasteiger partial charge in [-0.2, -0.15) is 0 Å². The average molecular weight is 253 g/mol. The predicted octanol–water partition coefficient (Wildman–Crippen LogP) is -0.371. The topological polar surface area (TPSA) is 63.9 Å². The Morgan fingerprint density at radius 3 is 2.71 bits per heavy atom. The molecule has 1 aliphatic rings. The lowest BCUT2D eigenvalue weighted by Crippen LogP contribution is -2.22. The molecule has 2 rings (SSSR count). The van der Waals surface area contributed by atoms with Crippen molar-refractivity contribution in [3.63, 3.8) is 0 Å². The fourth-order valence-electron chi connectivity index (χ4n) is 1.87. The molecular formula is C12H15NO3S. The molecule has 0 saturated carbocycles. The second-order valence-electron chi connectivity index (χ2n) is 4.09. The fraction of sp³-hybridized carbons (Fsp3) is 0.500. The van der Waals surface area contributed by atoms with E-state index in [1.54, 1.807) is 11.3 Å². The average Bonchev–Trinajstić information content (AvgIpc) is 2.85. The summed E-state index contributed by atoms with van der Waals surface area (Å²) in [7, 11) is 0. The van der Waals surface area contributed by atoms with E-state index in [1.165, 1.54) is 0 Å². The smallest absolute Gasteiger partial charge is 0.104 e. The summed E-state index contributed by atoms with van der Waals surface area (Å²) in [6.45, 7) is 1.61. The second-order valence-corrected chi connectivity index (χ2v) is 5.09. The van der Waals surface area contributed by atoms with Crippen LogP contribution < -0.4 is 0 Å². The quantitative estimate of drug-likeness (QED) is 0.629. The lowest BCUT2D eigenvalue weighted by atomic mass is 10.3. The number of likely N-dealkylation sites (tertiary alicyclic amines) is 1. The number of rotatable bonds is 2. The van der Waals surface area contributed by atoms with E-state index >= 15 is 0 Å². The van der Waals surface area contributed by atoms with Crippen LogP contribution in [0.3, 0.4) is 0 Å². The highest BCUT2D eigenvalue weighted by Gasteiger charge is 2.29. The molecule has 0 amide bonds. The van der Waals surface area contributed by atoms with Crippen molar-refractivity contribution < 1.29 is 15.3 Å². The molecule has 1 saturated heterocycles. The van der Waals surface area contributed by atoms with E-state index in [9.17, 15) is 10.2 Å². The number of hydrogen-bond donors (Lipinski definition) is 3. The summed E-state index contributed by atoms with van der Waals surface area (Å²) in [6, 6.07) is 1.98. The van der Waals surface area contributed by atoms with Gasteiger partial charge in [0.1, 0.15) is 6.61 Å². The van der Waals surface area contributed by atoms with E-state index in [0.717, 1.165) is 17.0 Å². The fourth-order valence-corrected chi connectivity index (χ4v) is 2.72. The lowest BCUT2D eigenvalue weighted by Gasteiger charge is -2.12. The molecule has 5 heteroatoms. The second kappa shape index (κ2) is 5.63. The van der Waals surface area contributed by atoms with E-state index in [4.69, 9.17) is 5.11 Å². The number of thiophene rings is 1. The maximum atomic E-state index is 9.43. The Bertz CT molecular complexity index is 424. The molecule has 2 heterocycles. The third kappa shape index (κ3) is 3.28. The van der Waals surface area contributed by atoms with Crippen molar-refractivity contribution in [3.05, 3.63) is 21.9 Å². The molecule has 1 aromatic heterocycles. The van der Waals surface area contributed by atoms with Crippen LogP contribution in [0.25, 0.3) is 0 Å². The first kappa shape index (κ1) is 12.6. The molecule has 0 radical (unpaired) electrons. The molecule has 92 valence electrons. The molecule has 1 fully saturated rings. The monoisotopic (exact) mass is 253 g/mol.